The lowest BCUT2D eigenvalue weighted by atomic mass is 9.93. The topological polar surface area (TPSA) is 94.1 Å². The zero-order chi connectivity index (χ0) is 22.7. The summed E-state index contributed by atoms with van der Waals surface area (Å²) in [4.78, 5) is 26.3. The molecule has 1 aliphatic heterocycles. The number of thioether (sulfide) groups is 1. The molecule has 2 N–H and O–H groups in total. The molecule has 0 bridgehead atoms. The summed E-state index contributed by atoms with van der Waals surface area (Å²) in [5.74, 6) is -0.354. The van der Waals surface area contributed by atoms with Crippen molar-refractivity contribution in [2.45, 2.75) is 31.0 Å². The molecule has 2 atom stereocenters. The number of carbonyl (C=O) groups is 2. The van der Waals surface area contributed by atoms with Gasteiger partial charge in [0.2, 0.25) is 11.8 Å². The lowest BCUT2D eigenvalue weighted by Gasteiger charge is -2.36. The SMILES string of the molecule is CC1CCC(C(N)=O)CN1C(=O)CSc1nnc(-c2ccc(F)cc2)n1-c1ccccc1. The maximum absolute atomic E-state index is 13.4. The lowest BCUT2D eigenvalue weighted by Crippen LogP contribution is -2.49. The van der Waals surface area contributed by atoms with Gasteiger partial charge < -0.3 is 10.6 Å². The van der Waals surface area contributed by atoms with E-state index in [4.69, 9.17) is 5.73 Å². The van der Waals surface area contributed by atoms with Crippen LogP contribution in [-0.4, -0.2) is 49.8 Å². The third kappa shape index (κ3) is 4.67. The molecule has 7 nitrogen and oxygen atoms in total. The van der Waals surface area contributed by atoms with Crippen molar-refractivity contribution in [1.82, 2.24) is 19.7 Å². The van der Waals surface area contributed by atoms with Crippen LogP contribution in [0.25, 0.3) is 17.1 Å². The van der Waals surface area contributed by atoms with Crippen LogP contribution in [0.5, 0.6) is 0 Å². The Kier molecular flexibility index (Phi) is 6.55. The minimum Gasteiger partial charge on any atom is -0.369 e. The van der Waals surface area contributed by atoms with Gasteiger partial charge in [0.15, 0.2) is 11.0 Å². The van der Waals surface area contributed by atoms with Crippen LogP contribution in [0, 0.1) is 11.7 Å². The molecular weight excluding hydrogens is 429 g/mol. The standard InChI is InChI=1S/C23H24FN5O2S/c1-15-7-8-17(21(25)31)13-28(15)20(30)14-32-23-27-26-22(16-9-11-18(24)12-10-16)29(23)19-5-3-2-4-6-19/h2-6,9-12,15,17H,7-8,13-14H2,1H3,(H2,25,31). The van der Waals surface area contributed by atoms with Crippen LogP contribution >= 0.6 is 11.8 Å². The Labute approximate surface area is 189 Å². The number of hydrogen-bond acceptors (Lipinski definition) is 5. The van der Waals surface area contributed by atoms with E-state index in [-0.39, 0.29) is 35.3 Å². The normalized spacial score (nSPS) is 18.5. The molecular formula is C23H24FN5O2S. The zero-order valence-corrected chi connectivity index (χ0v) is 18.5. The molecule has 0 spiro atoms. The van der Waals surface area contributed by atoms with Crippen molar-refractivity contribution in [3.05, 3.63) is 60.4 Å². The van der Waals surface area contributed by atoms with Crippen LogP contribution in [0.3, 0.4) is 0 Å². The summed E-state index contributed by atoms with van der Waals surface area (Å²) in [6, 6.07) is 15.7. The summed E-state index contributed by atoms with van der Waals surface area (Å²) in [5, 5.41) is 9.18. The first-order valence-electron chi connectivity index (χ1n) is 10.4. The molecule has 2 unspecified atom stereocenters. The Bertz CT molecular complexity index is 1100. The Morgan fingerprint density at radius 1 is 1.09 bits per heavy atom. The maximum Gasteiger partial charge on any atom is 0.233 e. The Hall–Kier alpha value is -3.20. The third-order valence-corrected chi connectivity index (χ3v) is 6.59. The second-order valence-corrected chi connectivity index (χ2v) is 8.79. The number of nitrogens with zero attached hydrogens (tertiary/aromatic N) is 4. The number of primary amides is 1. The van der Waals surface area contributed by atoms with E-state index >= 15 is 0 Å². The molecule has 1 aromatic heterocycles. The first-order valence-corrected chi connectivity index (χ1v) is 11.4. The summed E-state index contributed by atoms with van der Waals surface area (Å²) >= 11 is 1.28. The van der Waals surface area contributed by atoms with Crippen molar-refractivity contribution >= 4 is 23.6 Å². The zero-order valence-electron chi connectivity index (χ0n) is 17.6. The quantitative estimate of drug-likeness (QED) is 0.578. The summed E-state index contributed by atoms with van der Waals surface area (Å²) < 4.78 is 15.3. The average molecular weight is 454 g/mol. The highest BCUT2D eigenvalue weighted by atomic mass is 32.2. The van der Waals surface area contributed by atoms with Crippen LogP contribution in [0.1, 0.15) is 19.8 Å². The molecule has 2 amide bonds. The number of hydrogen-bond donors (Lipinski definition) is 1. The molecule has 2 heterocycles. The molecule has 4 rings (SSSR count). The Morgan fingerprint density at radius 2 is 1.81 bits per heavy atom. The molecule has 0 saturated carbocycles. The van der Waals surface area contributed by atoms with E-state index in [2.05, 4.69) is 10.2 Å². The fourth-order valence-corrected chi connectivity index (χ4v) is 4.69. The van der Waals surface area contributed by atoms with Crippen LogP contribution in [-0.2, 0) is 9.59 Å². The molecule has 0 aliphatic carbocycles. The number of likely N-dealkylation sites (tertiary alicyclic amines) is 1. The highest BCUT2D eigenvalue weighted by Gasteiger charge is 2.31. The molecule has 2 aromatic carbocycles. The number of benzene rings is 2. The van der Waals surface area contributed by atoms with Crippen LogP contribution in [0.2, 0.25) is 0 Å². The van der Waals surface area contributed by atoms with Gasteiger partial charge in [0.25, 0.3) is 0 Å². The van der Waals surface area contributed by atoms with Crippen molar-refractivity contribution in [3.8, 4) is 17.1 Å². The van der Waals surface area contributed by atoms with Crippen molar-refractivity contribution in [1.29, 1.82) is 0 Å². The number of amides is 2. The van der Waals surface area contributed by atoms with Gasteiger partial charge in [-0.3, -0.25) is 14.2 Å². The lowest BCUT2D eigenvalue weighted by molar-refractivity contribution is -0.135. The van der Waals surface area contributed by atoms with Gasteiger partial charge in [-0.2, -0.15) is 0 Å². The molecule has 1 saturated heterocycles. The molecule has 32 heavy (non-hydrogen) atoms. The minimum absolute atomic E-state index is 0.0560. The van der Waals surface area contributed by atoms with Crippen molar-refractivity contribution in [3.63, 3.8) is 0 Å². The highest BCUT2D eigenvalue weighted by molar-refractivity contribution is 7.99. The van der Waals surface area contributed by atoms with Gasteiger partial charge in [-0.15, -0.1) is 10.2 Å². The molecule has 1 aliphatic rings. The van der Waals surface area contributed by atoms with E-state index in [0.29, 0.717) is 23.9 Å². The first-order chi connectivity index (χ1) is 15.4. The Balaban J connectivity index is 1.58. The van der Waals surface area contributed by atoms with Crippen LogP contribution in [0.15, 0.2) is 59.8 Å². The van der Waals surface area contributed by atoms with E-state index < -0.39 is 0 Å². The number of rotatable bonds is 6. The smallest absolute Gasteiger partial charge is 0.233 e. The minimum atomic E-state index is -0.366. The van der Waals surface area contributed by atoms with Gasteiger partial charge in [-0.1, -0.05) is 30.0 Å². The maximum atomic E-state index is 13.4. The van der Waals surface area contributed by atoms with E-state index in [1.807, 2.05) is 41.8 Å². The monoisotopic (exact) mass is 453 g/mol. The molecule has 166 valence electrons. The molecule has 0 radical (unpaired) electrons. The van der Waals surface area contributed by atoms with Gasteiger partial charge in [0.05, 0.1) is 11.7 Å². The van der Waals surface area contributed by atoms with E-state index in [1.165, 1.54) is 23.9 Å². The Morgan fingerprint density at radius 3 is 2.50 bits per heavy atom. The third-order valence-electron chi connectivity index (χ3n) is 5.68. The predicted molar refractivity (Wildman–Crippen MR) is 121 cm³/mol. The summed E-state index contributed by atoms with van der Waals surface area (Å²) in [7, 11) is 0. The molecule has 1 fully saturated rings. The predicted octanol–water partition coefficient (Wildman–Crippen LogP) is 3.28. The van der Waals surface area contributed by atoms with Crippen molar-refractivity contribution < 1.29 is 14.0 Å². The number of para-hydroxylation sites is 1. The van der Waals surface area contributed by atoms with Gasteiger partial charge in [0.1, 0.15) is 5.82 Å². The number of carbonyl (C=O) groups excluding carboxylic acids is 2. The number of piperidine rings is 1. The van der Waals surface area contributed by atoms with Gasteiger partial charge in [-0.25, -0.2) is 4.39 Å². The van der Waals surface area contributed by atoms with E-state index in [1.54, 1.807) is 17.0 Å². The second kappa shape index (κ2) is 9.52. The van der Waals surface area contributed by atoms with Gasteiger partial charge in [0, 0.05) is 23.8 Å². The second-order valence-electron chi connectivity index (χ2n) is 7.84. The van der Waals surface area contributed by atoms with Gasteiger partial charge >= 0.3 is 0 Å². The summed E-state index contributed by atoms with van der Waals surface area (Å²) in [5.41, 5.74) is 7.02. The fourth-order valence-electron chi connectivity index (χ4n) is 3.86. The van der Waals surface area contributed by atoms with Crippen molar-refractivity contribution in [2.24, 2.45) is 11.7 Å². The molecule has 3 aromatic rings. The van der Waals surface area contributed by atoms with Crippen LogP contribution < -0.4 is 5.73 Å². The first kappa shape index (κ1) is 22.0. The number of nitrogens with two attached hydrogens (primary N) is 1. The number of halogens is 1. The van der Waals surface area contributed by atoms with Crippen molar-refractivity contribution in [2.75, 3.05) is 12.3 Å². The van der Waals surface area contributed by atoms with E-state index in [9.17, 15) is 14.0 Å². The summed E-state index contributed by atoms with van der Waals surface area (Å²) in [6.07, 6.45) is 1.45. The fraction of sp³-hybridized carbons (Fsp3) is 0.304. The molecule has 9 heteroatoms. The number of aromatic nitrogens is 3. The average Bonchev–Trinajstić information content (AvgIpc) is 3.22. The highest BCUT2D eigenvalue weighted by Crippen LogP contribution is 2.29. The van der Waals surface area contributed by atoms with E-state index in [0.717, 1.165) is 17.7 Å². The largest absolute Gasteiger partial charge is 0.369 e. The summed E-state index contributed by atoms with van der Waals surface area (Å²) in [6.45, 7) is 2.33. The van der Waals surface area contributed by atoms with Crippen LogP contribution in [0.4, 0.5) is 4.39 Å². The van der Waals surface area contributed by atoms with Gasteiger partial charge in [-0.05, 0) is 56.2 Å².